The van der Waals surface area contributed by atoms with Crippen molar-refractivity contribution in [3.05, 3.63) is 29.8 Å². The predicted octanol–water partition coefficient (Wildman–Crippen LogP) is 1.95. The Kier molecular flexibility index (Phi) is 3.57. The summed E-state index contributed by atoms with van der Waals surface area (Å²) in [6.07, 6.45) is 0. The van der Waals surface area contributed by atoms with E-state index in [1.807, 2.05) is 38.1 Å². The first-order valence-corrected chi connectivity index (χ1v) is 5.56. The number of ether oxygens (including phenoxy) is 2. The van der Waals surface area contributed by atoms with Gasteiger partial charge in [-0.1, -0.05) is 12.1 Å². The highest BCUT2D eigenvalue weighted by Crippen LogP contribution is 2.20. The number of nitrogens with two attached hydrogens (primary N) is 1. The molecule has 1 aromatic carbocycles. The van der Waals surface area contributed by atoms with Crippen LogP contribution in [0.25, 0.3) is 0 Å². The molecule has 0 amide bonds. The fraction of sp³-hybridized carbons (Fsp3) is 0.250. The number of benzene rings is 1. The lowest BCUT2D eigenvalue weighted by Gasteiger charge is -2.06. The Morgan fingerprint density at radius 1 is 1.17 bits per heavy atom. The highest BCUT2D eigenvalue weighted by Gasteiger charge is 2.07. The van der Waals surface area contributed by atoms with Crippen LogP contribution in [-0.2, 0) is 0 Å². The number of anilines is 1. The maximum absolute atomic E-state index is 5.55. The number of rotatable bonds is 4. The van der Waals surface area contributed by atoms with Gasteiger partial charge < -0.3 is 15.2 Å². The van der Waals surface area contributed by atoms with Crippen molar-refractivity contribution in [2.75, 3.05) is 12.3 Å². The molecule has 0 fully saturated rings. The minimum absolute atomic E-state index is 0.0658. The third-order valence-electron chi connectivity index (χ3n) is 2.08. The number of nitrogens with zero attached hydrogens (tertiary/aromatic N) is 3. The molecule has 0 radical (unpaired) electrons. The summed E-state index contributed by atoms with van der Waals surface area (Å²) in [5.41, 5.74) is 6.63. The van der Waals surface area contributed by atoms with Gasteiger partial charge in [0.1, 0.15) is 5.75 Å². The Morgan fingerprint density at radius 3 is 2.67 bits per heavy atom. The van der Waals surface area contributed by atoms with E-state index >= 15 is 0 Å². The van der Waals surface area contributed by atoms with Crippen molar-refractivity contribution in [2.45, 2.75) is 13.8 Å². The van der Waals surface area contributed by atoms with Crippen LogP contribution >= 0.6 is 0 Å². The predicted molar refractivity (Wildman–Crippen MR) is 66.7 cm³/mol. The van der Waals surface area contributed by atoms with Crippen LogP contribution in [0.1, 0.15) is 12.5 Å². The van der Waals surface area contributed by atoms with E-state index in [4.69, 9.17) is 15.2 Å². The fourth-order valence-corrected chi connectivity index (χ4v) is 1.38. The van der Waals surface area contributed by atoms with Gasteiger partial charge in [-0.3, -0.25) is 0 Å². The minimum atomic E-state index is 0.0658. The summed E-state index contributed by atoms with van der Waals surface area (Å²) >= 11 is 0. The van der Waals surface area contributed by atoms with Crippen LogP contribution in [0.5, 0.6) is 17.8 Å². The van der Waals surface area contributed by atoms with E-state index in [0.29, 0.717) is 12.4 Å². The van der Waals surface area contributed by atoms with Crippen LogP contribution in [0.2, 0.25) is 0 Å². The van der Waals surface area contributed by atoms with Crippen molar-refractivity contribution < 1.29 is 9.47 Å². The summed E-state index contributed by atoms with van der Waals surface area (Å²) < 4.78 is 10.7. The summed E-state index contributed by atoms with van der Waals surface area (Å²) in [5.74, 6) is 0.708. The lowest BCUT2D eigenvalue weighted by atomic mass is 10.2. The smallest absolute Gasteiger partial charge is 0.330 e. The average molecular weight is 246 g/mol. The van der Waals surface area contributed by atoms with Gasteiger partial charge in [0.2, 0.25) is 5.95 Å². The monoisotopic (exact) mass is 246 g/mol. The van der Waals surface area contributed by atoms with E-state index in [1.165, 1.54) is 0 Å². The lowest BCUT2D eigenvalue weighted by Crippen LogP contribution is -2.04. The second-order valence-corrected chi connectivity index (χ2v) is 3.61. The number of aryl methyl sites for hydroxylation is 1. The molecule has 18 heavy (non-hydrogen) atoms. The van der Waals surface area contributed by atoms with Gasteiger partial charge in [-0.2, -0.15) is 9.97 Å². The quantitative estimate of drug-likeness (QED) is 0.887. The second kappa shape index (κ2) is 5.31. The van der Waals surface area contributed by atoms with Crippen molar-refractivity contribution in [2.24, 2.45) is 0 Å². The normalized spacial score (nSPS) is 10.1. The number of nitrogen functional groups attached to an aromatic ring is 1. The standard InChI is InChI=1S/C12H14N4O2/c1-3-17-11-14-10(13)15-12(16-11)18-9-6-4-5-8(2)7-9/h4-7H,3H2,1-2H3,(H2,13,14,15,16). The van der Waals surface area contributed by atoms with Crippen molar-refractivity contribution >= 4 is 5.95 Å². The first-order valence-electron chi connectivity index (χ1n) is 5.56. The Bertz CT molecular complexity index is 545. The van der Waals surface area contributed by atoms with Crippen LogP contribution in [0, 0.1) is 6.92 Å². The van der Waals surface area contributed by atoms with Crippen LogP contribution in [-0.4, -0.2) is 21.6 Å². The molecular weight excluding hydrogens is 232 g/mol. The van der Waals surface area contributed by atoms with Crippen molar-refractivity contribution in [3.63, 3.8) is 0 Å². The van der Waals surface area contributed by atoms with Crippen LogP contribution in [0.3, 0.4) is 0 Å². The van der Waals surface area contributed by atoms with Crippen LogP contribution in [0.15, 0.2) is 24.3 Å². The van der Waals surface area contributed by atoms with Crippen LogP contribution < -0.4 is 15.2 Å². The largest absolute Gasteiger partial charge is 0.464 e. The zero-order valence-electron chi connectivity index (χ0n) is 10.3. The summed E-state index contributed by atoms with van der Waals surface area (Å²) in [5, 5.41) is 0. The van der Waals surface area contributed by atoms with Gasteiger partial charge in [0.05, 0.1) is 6.61 Å². The number of hydrogen-bond acceptors (Lipinski definition) is 6. The first-order chi connectivity index (χ1) is 8.67. The first kappa shape index (κ1) is 12.1. The molecular formula is C12H14N4O2. The van der Waals surface area contributed by atoms with Crippen LogP contribution in [0.4, 0.5) is 5.95 Å². The Hall–Kier alpha value is -2.37. The maximum Gasteiger partial charge on any atom is 0.330 e. The molecule has 0 bridgehead atoms. The zero-order valence-corrected chi connectivity index (χ0v) is 10.3. The van der Waals surface area contributed by atoms with Gasteiger partial charge in [-0.05, 0) is 31.5 Å². The second-order valence-electron chi connectivity index (χ2n) is 3.61. The molecule has 6 heteroatoms. The molecule has 0 aliphatic carbocycles. The third kappa shape index (κ3) is 3.07. The molecule has 2 N–H and O–H groups in total. The molecule has 0 spiro atoms. The molecule has 0 unspecified atom stereocenters. The molecule has 94 valence electrons. The zero-order chi connectivity index (χ0) is 13.0. The van der Waals surface area contributed by atoms with Gasteiger partial charge in [0, 0.05) is 0 Å². The van der Waals surface area contributed by atoms with Crippen molar-refractivity contribution in [1.82, 2.24) is 15.0 Å². The van der Waals surface area contributed by atoms with E-state index in [2.05, 4.69) is 15.0 Å². The topological polar surface area (TPSA) is 83.2 Å². The Labute approximate surface area is 105 Å². The van der Waals surface area contributed by atoms with Gasteiger partial charge in [-0.15, -0.1) is 4.98 Å². The summed E-state index contributed by atoms with van der Waals surface area (Å²) in [6.45, 7) is 4.26. The highest BCUT2D eigenvalue weighted by atomic mass is 16.5. The van der Waals surface area contributed by atoms with E-state index in [-0.39, 0.29) is 18.0 Å². The molecule has 6 nitrogen and oxygen atoms in total. The molecule has 0 saturated heterocycles. The maximum atomic E-state index is 5.55. The van der Waals surface area contributed by atoms with E-state index in [1.54, 1.807) is 0 Å². The molecule has 0 saturated carbocycles. The number of hydrogen-bond donors (Lipinski definition) is 1. The van der Waals surface area contributed by atoms with E-state index in [9.17, 15) is 0 Å². The Balaban J connectivity index is 2.23. The van der Waals surface area contributed by atoms with Gasteiger partial charge in [0.25, 0.3) is 0 Å². The minimum Gasteiger partial charge on any atom is -0.464 e. The summed E-state index contributed by atoms with van der Waals surface area (Å²) in [6, 6.07) is 7.83. The molecule has 1 aromatic heterocycles. The molecule has 0 aliphatic rings. The average Bonchev–Trinajstić information content (AvgIpc) is 2.28. The molecule has 1 heterocycles. The lowest BCUT2D eigenvalue weighted by molar-refractivity contribution is 0.304. The van der Waals surface area contributed by atoms with Gasteiger partial charge in [0.15, 0.2) is 0 Å². The number of aromatic nitrogens is 3. The van der Waals surface area contributed by atoms with E-state index in [0.717, 1.165) is 5.56 Å². The van der Waals surface area contributed by atoms with E-state index < -0.39 is 0 Å². The molecule has 0 aliphatic heterocycles. The van der Waals surface area contributed by atoms with Crippen molar-refractivity contribution in [1.29, 1.82) is 0 Å². The SMILES string of the molecule is CCOc1nc(N)nc(Oc2cccc(C)c2)n1. The molecule has 2 aromatic rings. The fourth-order valence-electron chi connectivity index (χ4n) is 1.38. The molecule has 0 atom stereocenters. The van der Waals surface area contributed by atoms with Gasteiger partial charge >= 0.3 is 12.0 Å². The third-order valence-corrected chi connectivity index (χ3v) is 2.08. The summed E-state index contributed by atoms with van der Waals surface area (Å²) in [7, 11) is 0. The Morgan fingerprint density at radius 2 is 1.94 bits per heavy atom. The highest BCUT2D eigenvalue weighted by molar-refractivity contribution is 5.30. The van der Waals surface area contributed by atoms with Gasteiger partial charge in [-0.25, -0.2) is 0 Å². The molecule has 2 rings (SSSR count). The summed E-state index contributed by atoms with van der Waals surface area (Å²) in [4.78, 5) is 11.7. The van der Waals surface area contributed by atoms with Crippen molar-refractivity contribution in [3.8, 4) is 17.8 Å².